The van der Waals surface area contributed by atoms with Gasteiger partial charge in [-0.2, -0.15) is 0 Å². The van der Waals surface area contributed by atoms with E-state index in [4.69, 9.17) is 0 Å². The smallest absolute Gasteiger partial charge is 0.321 e. The van der Waals surface area contributed by atoms with Crippen LogP contribution in [0.4, 0.5) is 16.2 Å². The fraction of sp³-hybridized carbons (Fsp3) is 0.500. The van der Waals surface area contributed by atoms with Gasteiger partial charge in [0.05, 0.1) is 0 Å². The molecule has 1 aliphatic carbocycles. The van der Waals surface area contributed by atoms with Gasteiger partial charge in [0.15, 0.2) is 0 Å². The van der Waals surface area contributed by atoms with Crippen LogP contribution in [0, 0.1) is 5.92 Å². The molecule has 0 radical (unpaired) electrons. The second-order valence-electron chi connectivity index (χ2n) is 5.75. The largest absolute Gasteiger partial charge is 0.338 e. The Hall–Kier alpha value is -2.04. The molecule has 1 aromatic rings. The van der Waals surface area contributed by atoms with Gasteiger partial charge in [0.2, 0.25) is 5.91 Å². The molecule has 3 rings (SSSR count). The molecule has 0 spiro atoms. The molecule has 2 fully saturated rings. The molecule has 5 heteroatoms. The number of carbonyl (C=O) groups is 2. The molecule has 5 nitrogen and oxygen atoms in total. The van der Waals surface area contributed by atoms with E-state index in [1.807, 2.05) is 24.3 Å². The van der Waals surface area contributed by atoms with Crippen LogP contribution >= 0.6 is 0 Å². The molecule has 2 aliphatic rings. The molecule has 0 bridgehead atoms. The molecule has 2 N–H and O–H groups in total. The Morgan fingerprint density at radius 2 is 1.86 bits per heavy atom. The summed E-state index contributed by atoms with van der Waals surface area (Å²) in [6, 6.07) is 7.45. The van der Waals surface area contributed by atoms with Crippen LogP contribution < -0.4 is 15.5 Å². The van der Waals surface area contributed by atoms with Gasteiger partial charge in [0.25, 0.3) is 0 Å². The topological polar surface area (TPSA) is 61.4 Å². The Morgan fingerprint density at radius 1 is 1.14 bits per heavy atom. The normalized spacial score (nSPS) is 19.4. The minimum Gasteiger partial charge on any atom is -0.338 e. The van der Waals surface area contributed by atoms with Crippen molar-refractivity contribution in [3.8, 4) is 0 Å². The molecule has 1 heterocycles. The van der Waals surface area contributed by atoms with Gasteiger partial charge in [-0.05, 0) is 43.5 Å². The number of nitrogens with zero attached hydrogens (tertiary/aromatic N) is 1. The maximum atomic E-state index is 12.1. The summed E-state index contributed by atoms with van der Waals surface area (Å²) in [6.45, 7) is 1.48. The lowest BCUT2D eigenvalue weighted by molar-refractivity contribution is -0.119. The van der Waals surface area contributed by atoms with Crippen LogP contribution in [0.2, 0.25) is 0 Å². The first-order valence-corrected chi connectivity index (χ1v) is 7.70. The van der Waals surface area contributed by atoms with Gasteiger partial charge in [-0.25, -0.2) is 4.79 Å². The highest BCUT2D eigenvalue weighted by atomic mass is 16.2. The van der Waals surface area contributed by atoms with E-state index in [9.17, 15) is 9.59 Å². The monoisotopic (exact) mass is 287 g/mol. The highest BCUT2D eigenvalue weighted by molar-refractivity contribution is 5.94. The van der Waals surface area contributed by atoms with E-state index in [0.29, 0.717) is 0 Å². The van der Waals surface area contributed by atoms with Crippen molar-refractivity contribution in [1.82, 2.24) is 5.32 Å². The Morgan fingerprint density at radius 3 is 2.52 bits per heavy atom. The molecular formula is C16H21N3O2. The lowest BCUT2D eigenvalue weighted by Gasteiger charge is -2.27. The molecule has 3 amide bonds. The number of rotatable bonds is 3. The zero-order valence-corrected chi connectivity index (χ0v) is 12.1. The minimum atomic E-state index is -0.0519. The predicted molar refractivity (Wildman–Crippen MR) is 82.4 cm³/mol. The molecule has 21 heavy (non-hydrogen) atoms. The number of nitrogens with one attached hydrogen (secondary N) is 2. The second-order valence-corrected chi connectivity index (χ2v) is 5.75. The summed E-state index contributed by atoms with van der Waals surface area (Å²) in [4.78, 5) is 25.6. The van der Waals surface area contributed by atoms with Crippen LogP contribution in [-0.4, -0.2) is 25.0 Å². The SMILES string of the molecule is O=C(Nc1ccc(N2CCCNC2=O)cc1)C1CCCC1. The van der Waals surface area contributed by atoms with E-state index in [1.54, 1.807) is 4.90 Å². The van der Waals surface area contributed by atoms with E-state index in [2.05, 4.69) is 10.6 Å². The fourth-order valence-electron chi connectivity index (χ4n) is 3.03. The van der Waals surface area contributed by atoms with Crippen molar-refractivity contribution in [1.29, 1.82) is 0 Å². The maximum Gasteiger partial charge on any atom is 0.321 e. The van der Waals surface area contributed by atoms with Gasteiger partial charge in [-0.3, -0.25) is 9.69 Å². The summed E-state index contributed by atoms with van der Waals surface area (Å²) < 4.78 is 0. The van der Waals surface area contributed by atoms with Crippen LogP contribution in [0.5, 0.6) is 0 Å². The average molecular weight is 287 g/mol. The maximum absolute atomic E-state index is 12.1. The van der Waals surface area contributed by atoms with Crippen LogP contribution in [-0.2, 0) is 4.79 Å². The highest BCUT2D eigenvalue weighted by Crippen LogP contribution is 2.26. The van der Waals surface area contributed by atoms with E-state index >= 15 is 0 Å². The van der Waals surface area contributed by atoms with Crippen molar-refractivity contribution >= 4 is 23.3 Å². The number of benzene rings is 1. The molecule has 1 saturated heterocycles. The van der Waals surface area contributed by atoms with Gasteiger partial charge in [-0.1, -0.05) is 12.8 Å². The number of hydrogen-bond acceptors (Lipinski definition) is 2. The van der Waals surface area contributed by atoms with Crippen LogP contribution in [0.15, 0.2) is 24.3 Å². The van der Waals surface area contributed by atoms with Gasteiger partial charge < -0.3 is 10.6 Å². The second kappa shape index (κ2) is 6.16. The summed E-state index contributed by atoms with van der Waals surface area (Å²) in [5.74, 6) is 0.286. The Labute approximate surface area is 124 Å². The summed E-state index contributed by atoms with van der Waals surface area (Å²) in [5.41, 5.74) is 1.67. The lowest BCUT2D eigenvalue weighted by atomic mass is 10.1. The Bertz CT molecular complexity index is 521. The third-order valence-corrected chi connectivity index (χ3v) is 4.25. The van der Waals surface area contributed by atoms with Gasteiger partial charge >= 0.3 is 6.03 Å². The molecule has 1 saturated carbocycles. The fourth-order valence-corrected chi connectivity index (χ4v) is 3.03. The summed E-state index contributed by atoms with van der Waals surface area (Å²) in [6.07, 6.45) is 5.25. The first kappa shape index (κ1) is 13.9. The average Bonchev–Trinajstić information content (AvgIpc) is 3.03. The molecule has 0 unspecified atom stereocenters. The standard InChI is InChI=1S/C16H21N3O2/c20-15(12-4-1-2-5-12)18-13-6-8-14(9-7-13)19-11-3-10-17-16(19)21/h6-9,12H,1-5,10-11H2,(H,17,21)(H,18,20). The molecule has 0 atom stereocenters. The number of hydrogen-bond donors (Lipinski definition) is 2. The summed E-state index contributed by atoms with van der Waals surface area (Å²) in [5, 5.41) is 5.80. The highest BCUT2D eigenvalue weighted by Gasteiger charge is 2.23. The van der Waals surface area contributed by atoms with Crippen molar-refractivity contribution in [3.63, 3.8) is 0 Å². The number of anilines is 2. The van der Waals surface area contributed by atoms with Crippen molar-refractivity contribution in [2.24, 2.45) is 5.92 Å². The van der Waals surface area contributed by atoms with Crippen LogP contribution in [0.25, 0.3) is 0 Å². The summed E-state index contributed by atoms with van der Waals surface area (Å²) >= 11 is 0. The van der Waals surface area contributed by atoms with Gasteiger partial charge in [0.1, 0.15) is 0 Å². The summed E-state index contributed by atoms with van der Waals surface area (Å²) in [7, 11) is 0. The first-order chi connectivity index (χ1) is 10.2. The van der Waals surface area contributed by atoms with Crippen molar-refractivity contribution in [2.45, 2.75) is 32.1 Å². The minimum absolute atomic E-state index is 0.0519. The number of urea groups is 1. The molecule has 1 aliphatic heterocycles. The van der Waals surface area contributed by atoms with Crippen molar-refractivity contribution in [3.05, 3.63) is 24.3 Å². The Balaban J connectivity index is 1.63. The zero-order chi connectivity index (χ0) is 14.7. The van der Waals surface area contributed by atoms with Gasteiger partial charge in [0, 0.05) is 30.4 Å². The quantitative estimate of drug-likeness (QED) is 0.898. The number of carbonyl (C=O) groups excluding carboxylic acids is 2. The molecule has 0 aromatic heterocycles. The van der Waals surface area contributed by atoms with Gasteiger partial charge in [-0.15, -0.1) is 0 Å². The zero-order valence-electron chi connectivity index (χ0n) is 12.1. The van der Waals surface area contributed by atoms with E-state index in [1.165, 1.54) is 0 Å². The Kier molecular flexibility index (Phi) is 4.08. The molecular weight excluding hydrogens is 266 g/mol. The molecule has 1 aromatic carbocycles. The third-order valence-electron chi connectivity index (χ3n) is 4.25. The van der Waals surface area contributed by atoms with Crippen LogP contribution in [0.1, 0.15) is 32.1 Å². The molecule has 112 valence electrons. The number of amides is 3. The van der Waals surface area contributed by atoms with E-state index in [0.717, 1.165) is 56.6 Å². The van der Waals surface area contributed by atoms with E-state index < -0.39 is 0 Å². The predicted octanol–water partition coefficient (Wildman–Crippen LogP) is 2.74. The van der Waals surface area contributed by atoms with E-state index in [-0.39, 0.29) is 17.9 Å². The van der Waals surface area contributed by atoms with Crippen LogP contribution in [0.3, 0.4) is 0 Å². The van der Waals surface area contributed by atoms with Crippen molar-refractivity contribution < 1.29 is 9.59 Å². The van der Waals surface area contributed by atoms with Crippen molar-refractivity contribution in [2.75, 3.05) is 23.3 Å². The lowest BCUT2D eigenvalue weighted by Crippen LogP contribution is -2.46. The first-order valence-electron chi connectivity index (χ1n) is 7.70. The third kappa shape index (κ3) is 3.17.